The van der Waals surface area contributed by atoms with E-state index in [2.05, 4.69) is 33.9 Å². The minimum Gasteiger partial charge on any atom is -0.469 e. The molecular weight excluding hydrogens is 352 g/mol. The second kappa shape index (κ2) is 9.55. The predicted molar refractivity (Wildman–Crippen MR) is 106 cm³/mol. The Balaban J connectivity index is 2.69. The third kappa shape index (κ3) is 7.75. The number of carbonyl (C=O) groups is 2. The Labute approximate surface area is 156 Å². The smallest absolute Gasteiger partial charge is 0.308 e. The zero-order valence-corrected chi connectivity index (χ0v) is 17.9. The van der Waals surface area contributed by atoms with Gasteiger partial charge in [0.1, 0.15) is 0 Å². The van der Waals surface area contributed by atoms with Crippen molar-refractivity contribution >= 4 is 31.2 Å². The number of methoxy groups -OCH3 is 1. The van der Waals surface area contributed by atoms with Gasteiger partial charge in [0.15, 0.2) is 13.4 Å². The summed E-state index contributed by atoms with van der Waals surface area (Å²) in [7, 11) is -0.712. The quantitative estimate of drug-likeness (QED) is 0.478. The predicted octanol–water partition coefficient (Wildman–Crippen LogP) is 4.79. The second-order valence-corrected chi connectivity index (χ2v) is 13.4. The molecule has 0 heterocycles. The van der Waals surface area contributed by atoms with Gasteiger partial charge in [-0.15, -0.1) is 0 Å². The largest absolute Gasteiger partial charge is 0.469 e. The Morgan fingerprint density at radius 2 is 1.72 bits per heavy atom. The molecule has 0 fully saturated rings. The Hall–Kier alpha value is -1.11. The maximum absolute atomic E-state index is 12.4. The zero-order valence-electron chi connectivity index (χ0n) is 16.1. The third-order valence-electron chi connectivity index (χ3n) is 4.53. The summed E-state index contributed by atoms with van der Waals surface area (Å²) < 4.78 is 11.1. The molecule has 1 atom stereocenters. The van der Waals surface area contributed by atoms with Crippen molar-refractivity contribution in [3.63, 3.8) is 0 Å². The Kier molecular flexibility index (Phi) is 8.37. The van der Waals surface area contributed by atoms with Gasteiger partial charge in [-0.3, -0.25) is 9.59 Å². The molecule has 0 aliphatic rings. The number of ether oxygens (including phenoxy) is 1. The maximum Gasteiger partial charge on any atom is 0.308 e. The first-order chi connectivity index (χ1) is 11.5. The van der Waals surface area contributed by atoms with Crippen LogP contribution in [-0.2, 0) is 24.5 Å². The number of benzene rings is 1. The van der Waals surface area contributed by atoms with Crippen molar-refractivity contribution in [3.05, 3.63) is 35.9 Å². The van der Waals surface area contributed by atoms with Crippen molar-refractivity contribution < 1.29 is 18.8 Å². The molecule has 25 heavy (non-hydrogen) atoms. The van der Waals surface area contributed by atoms with Crippen LogP contribution >= 0.6 is 11.8 Å². The molecule has 0 saturated carbocycles. The summed E-state index contributed by atoms with van der Waals surface area (Å²) in [6, 6.07) is 9.87. The van der Waals surface area contributed by atoms with Gasteiger partial charge >= 0.3 is 5.97 Å². The van der Waals surface area contributed by atoms with Gasteiger partial charge in [0.25, 0.3) is 0 Å². The summed E-state index contributed by atoms with van der Waals surface area (Å²) in [6.07, 6.45) is -0.0937. The molecule has 0 saturated heterocycles. The lowest BCUT2D eigenvalue weighted by atomic mass is 10.2. The second-order valence-electron chi connectivity index (χ2n) is 7.63. The minimum atomic E-state index is -2.07. The van der Waals surface area contributed by atoms with Gasteiger partial charge in [-0.05, 0) is 23.7 Å². The monoisotopic (exact) mass is 382 g/mol. The van der Waals surface area contributed by atoms with Crippen molar-refractivity contribution in [2.75, 3.05) is 7.11 Å². The molecule has 1 aromatic rings. The summed E-state index contributed by atoms with van der Waals surface area (Å²) >= 11 is 1.27. The average molecular weight is 383 g/mol. The van der Waals surface area contributed by atoms with Gasteiger partial charge in [-0.1, -0.05) is 62.9 Å². The number of thioether (sulfide) groups is 1. The number of rotatable bonds is 8. The van der Waals surface area contributed by atoms with Crippen LogP contribution in [0.3, 0.4) is 0 Å². The number of esters is 1. The van der Waals surface area contributed by atoms with Crippen molar-refractivity contribution in [2.45, 2.75) is 63.6 Å². The first-order valence-corrected chi connectivity index (χ1v) is 12.4. The van der Waals surface area contributed by atoms with Crippen LogP contribution in [0, 0.1) is 0 Å². The van der Waals surface area contributed by atoms with Crippen molar-refractivity contribution in [3.8, 4) is 0 Å². The van der Waals surface area contributed by atoms with Gasteiger partial charge in [0.05, 0.1) is 19.6 Å². The van der Waals surface area contributed by atoms with Crippen LogP contribution in [0.25, 0.3) is 0 Å². The Bertz CT molecular complexity index is 567. The highest BCUT2D eigenvalue weighted by Gasteiger charge is 2.40. The lowest BCUT2D eigenvalue weighted by Crippen LogP contribution is -2.44. The van der Waals surface area contributed by atoms with E-state index in [-0.39, 0.29) is 29.0 Å². The van der Waals surface area contributed by atoms with E-state index in [1.165, 1.54) is 18.9 Å². The molecule has 1 aromatic carbocycles. The lowest BCUT2D eigenvalue weighted by Gasteiger charge is -2.39. The number of carbonyl (C=O) groups excluding carboxylic acids is 2. The highest BCUT2D eigenvalue weighted by molar-refractivity contribution is 8.12. The lowest BCUT2D eigenvalue weighted by molar-refractivity contribution is -0.142. The first kappa shape index (κ1) is 21.9. The van der Waals surface area contributed by atoms with Crippen LogP contribution < -0.4 is 0 Å². The molecule has 0 unspecified atom stereocenters. The normalized spacial score (nSPS) is 13.4. The van der Waals surface area contributed by atoms with Crippen LogP contribution in [-0.4, -0.2) is 32.6 Å². The molecule has 140 valence electrons. The Morgan fingerprint density at radius 3 is 2.24 bits per heavy atom. The molecule has 0 N–H and O–H groups in total. The average Bonchev–Trinajstić information content (AvgIpc) is 2.52. The molecule has 0 aromatic heterocycles. The molecular formula is C19H30O4SSi. The molecule has 0 aliphatic heterocycles. The van der Waals surface area contributed by atoms with E-state index in [9.17, 15) is 9.59 Å². The molecule has 0 aliphatic carbocycles. The van der Waals surface area contributed by atoms with E-state index in [0.29, 0.717) is 5.75 Å². The molecule has 1 rings (SSSR count). The van der Waals surface area contributed by atoms with Crippen molar-refractivity contribution in [1.82, 2.24) is 0 Å². The minimum absolute atomic E-state index is 0.0155. The molecule has 0 bridgehead atoms. The van der Waals surface area contributed by atoms with Crippen LogP contribution in [0.15, 0.2) is 30.3 Å². The van der Waals surface area contributed by atoms with Gasteiger partial charge in [-0.25, -0.2) is 0 Å². The van der Waals surface area contributed by atoms with Gasteiger partial charge in [0, 0.05) is 12.2 Å². The standard InChI is InChI=1S/C19H30O4SSi/c1-19(2,3)25(5,6)23-16(12-17(20)22-4)13-18(21)24-14-15-10-8-7-9-11-15/h7-11,16H,12-14H2,1-6H3/t16-/m0/s1. The van der Waals surface area contributed by atoms with Crippen molar-refractivity contribution in [1.29, 1.82) is 0 Å². The Morgan fingerprint density at radius 1 is 1.12 bits per heavy atom. The fourth-order valence-electron chi connectivity index (χ4n) is 2.00. The summed E-state index contributed by atoms with van der Waals surface area (Å²) in [6.45, 7) is 10.7. The highest BCUT2D eigenvalue weighted by Crippen LogP contribution is 2.38. The van der Waals surface area contributed by atoms with E-state index in [0.717, 1.165) is 5.56 Å². The van der Waals surface area contributed by atoms with Gasteiger partial charge in [0.2, 0.25) is 0 Å². The summed E-state index contributed by atoms with van der Waals surface area (Å²) in [5.74, 6) is 0.287. The van der Waals surface area contributed by atoms with E-state index < -0.39 is 14.4 Å². The summed E-state index contributed by atoms with van der Waals surface area (Å²) in [5.41, 5.74) is 1.11. The van der Waals surface area contributed by atoms with Crippen LogP contribution in [0.4, 0.5) is 0 Å². The number of hydrogen-bond donors (Lipinski definition) is 0. The fourth-order valence-corrected chi connectivity index (χ4v) is 4.18. The molecule has 4 nitrogen and oxygen atoms in total. The van der Waals surface area contributed by atoms with Crippen LogP contribution in [0.2, 0.25) is 18.1 Å². The zero-order chi connectivity index (χ0) is 19.1. The molecule has 6 heteroatoms. The summed E-state index contributed by atoms with van der Waals surface area (Å²) in [4.78, 5) is 24.1. The highest BCUT2D eigenvalue weighted by atomic mass is 32.2. The van der Waals surface area contributed by atoms with Crippen molar-refractivity contribution in [2.24, 2.45) is 0 Å². The first-order valence-electron chi connectivity index (χ1n) is 8.49. The summed E-state index contributed by atoms with van der Waals surface area (Å²) in [5, 5.41) is 0.0539. The van der Waals surface area contributed by atoms with E-state index in [1.807, 2.05) is 30.3 Å². The maximum atomic E-state index is 12.4. The van der Waals surface area contributed by atoms with E-state index >= 15 is 0 Å². The molecule has 0 amide bonds. The van der Waals surface area contributed by atoms with Gasteiger partial charge < -0.3 is 9.16 Å². The number of hydrogen-bond acceptors (Lipinski definition) is 5. The van der Waals surface area contributed by atoms with E-state index in [1.54, 1.807) is 0 Å². The fraction of sp³-hybridized carbons (Fsp3) is 0.579. The van der Waals surface area contributed by atoms with E-state index in [4.69, 9.17) is 9.16 Å². The van der Waals surface area contributed by atoms with Gasteiger partial charge in [-0.2, -0.15) is 0 Å². The van der Waals surface area contributed by atoms with Crippen LogP contribution in [0.1, 0.15) is 39.2 Å². The third-order valence-corrected chi connectivity index (χ3v) is 10.0. The topological polar surface area (TPSA) is 52.6 Å². The SMILES string of the molecule is COC(=O)C[C@@H](CC(=O)SCc1ccccc1)O[Si](C)(C)C(C)(C)C. The van der Waals surface area contributed by atoms with Crippen LogP contribution in [0.5, 0.6) is 0 Å². The molecule has 0 radical (unpaired) electrons. The molecule has 0 spiro atoms.